The van der Waals surface area contributed by atoms with Crippen LogP contribution in [0.5, 0.6) is 0 Å². The second kappa shape index (κ2) is 5.80. The molecule has 110 valence electrons. The standard InChI is InChI=1S/C15H29N3O/c1-15(2)6-9-18(11-13(15)16)14(19)10-12-4-7-17(3)8-5-12/h12-13H,4-11,16H2,1-3H3. The zero-order valence-electron chi connectivity index (χ0n) is 12.7. The molecule has 0 bridgehead atoms. The van der Waals surface area contributed by atoms with Gasteiger partial charge in [0.05, 0.1) is 0 Å². The van der Waals surface area contributed by atoms with E-state index in [-0.39, 0.29) is 11.5 Å². The van der Waals surface area contributed by atoms with Gasteiger partial charge in [0.1, 0.15) is 0 Å². The van der Waals surface area contributed by atoms with Gasteiger partial charge in [-0.05, 0) is 50.7 Å². The van der Waals surface area contributed by atoms with E-state index >= 15 is 0 Å². The summed E-state index contributed by atoms with van der Waals surface area (Å²) >= 11 is 0. The molecule has 1 amide bonds. The van der Waals surface area contributed by atoms with Crippen LogP contribution in [-0.2, 0) is 4.79 Å². The van der Waals surface area contributed by atoms with Crippen molar-refractivity contribution in [3.63, 3.8) is 0 Å². The van der Waals surface area contributed by atoms with Crippen LogP contribution in [0.15, 0.2) is 0 Å². The van der Waals surface area contributed by atoms with Crippen molar-refractivity contribution in [3.05, 3.63) is 0 Å². The van der Waals surface area contributed by atoms with Crippen molar-refractivity contribution in [3.8, 4) is 0 Å². The summed E-state index contributed by atoms with van der Waals surface area (Å²) in [5, 5.41) is 0. The molecule has 1 atom stereocenters. The van der Waals surface area contributed by atoms with Gasteiger partial charge in [-0.1, -0.05) is 13.8 Å². The van der Waals surface area contributed by atoms with E-state index in [1.165, 1.54) is 0 Å². The van der Waals surface area contributed by atoms with Gasteiger partial charge in [0.2, 0.25) is 5.91 Å². The van der Waals surface area contributed by atoms with Crippen LogP contribution in [0.2, 0.25) is 0 Å². The number of hydrogen-bond acceptors (Lipinski definition) is 3. The number of nitrogens with two attached hydrogens (primary N) is 1. The summed E-state index contributed by atoms with van der Waals surface area (Å²) in [5.41, 5.74) is 6.36. The molecule has 0 aromatic rings. The number of hydrogen-bond donors (Lipinski definition) is 1. The molecule has 2 saturated heterocycles. The molecule has 2 heterocycles. The van der Waals surface area contributed by atoms with Gasteiger partial charge in [-0.15, -0.1) is 0 Å². The molecular formula is C15H29N3O. The normalized spacial score (nSPS) is 29.5. The lowest BCUT2D eigenvalue weighted by molar-refractivity contribution is -0.135. The van der Waals surface area contributed by atoms with Crippen LogP contribution in [0.3, 0.4) is 0 Å². The molecule has 2 fully saturated rings. The number of amides is 1. The number of rotatable bonds is 2. The summed E-state index contributed by atoms with van der Waals surface area (Å²) in [7, 11) is 2.16. The fraction of sp³-hybridized carbons (Fsp3) is 0.933. The average Bonchev–Trinajstić information content (AvgIpc) is 2.35. The van der Waals surface area contributed by atoms with Crippen LogP contribution < -0.4 is 5.73 Å². The van der Waals surface area contributed by atoms with Crippen LogP contribution >= 0.6 is 0 Å². The van der Waals surface area contributed by atoms with Gasteiger partial charge in [0.25, 0.3) is 0 Å². The Hall–Kier alpha value is -0.610. The predicted octanol–water partition coefficient (Wildman–Crippen LogP) is 1.30. The first-order valence-corrected chi connectivity index (χ1v) is 7.60. The third-order valence-electron chi connectivity index (χ3n) is 5.10. The Kier molecular flexibility index (Phi) is 4.51. The number of likely N-dealkylation sites (tertiary alicyclic amines) is 2. The highest BCUT2D eigenvalue weighted by molar-refractivity contribution is 5.76. The quantitative estimate of drug-likeness (QED) is 0.820. The van der Waals surface area contributed by atoms with Crippen LogP contribution in [-0.4, -0.2) is 55.0 Å². The minimum Gasteiger partial charge on any atom is -0.341 e. The first-order chi connectivity index (χ1) is 8.88. The zero-order valence-corrected chi connectivity index (χ0v) is 12.7. The van der Waals surface area contributed by atoms with Gasteiger partial charge >= 0.3 is 0 Å². The molecule has 4 nitrogen and oxygen atoms in total. The predicted molar refractivity (Wildman–Crippen MR) is 77.8 cm³/mol. The van der Waals surface area contributed by atoms with Gasteiger partial charge < -0.3 is 15.5 Å². The van der Waals surface area contributed by atoms with Crippen molar-refractivity contribution in [2.24, 2.45) is 17.1 Å². The Morgan fingerprint density at radius 2 is 1.89 bits per heavy atom. The molecule has 0 aromatic heterocycles. The van der Waals surface area contributed by atoms with E-state index in [1.807, 2.05) is 4.90 Å². The van der Waals surface area contributed by atoms with Crippen molar-refractivity contribution >= 4 is 5.91 Å². The van der Waals surface area contributed by atoms with E-state index < -0.39 is 0 Å². The molecule has 0 aliphatic carbocycles. The minimum atomic E-state index is 0.114. The van der Waals surface area contributed by atoms with Crippen LogP contribution in [0, 0.1) is 11.3 Å². The minimum absolute atomic E-state index is 0.114. The van der Waals surface area contributed by atoms with E-state index in [0.29, 0.717) is 11.8 Å². The number of carbonyl (C=O) groups is 1. The maximum atomic E-state index is 12.4. The van der Waals surface area contributed by atoms with Gasteiger partial charge in [-0.25, -0.2) is 0 Å². The van der Waals surface area contributed by atoms with E-state index in [4.69, 9.17) is 5.73 Å². The fourth-order valence-electron chi connectivity index (χ4n) is 3.05. The Morgan fingerprint density at radius 3 is 2.47 bits per heavy atom. The first-order valence-electron chi connectivity index (χ1n) is 7.60. The summed E-state index contributed by atoms with van der Waals surface area (Å²) < 4.78 is 0. The van der Waals surface area contributed by atoms with Gasteiger partial charge in [-0.2, -0.15) is 0 Å². The average molecular weight is 267 g/mol. The number of carbonyl (C=O) groups excluding carboxylic acids is 1. The summed E-state index contributed by atoms with van der Waals surface area (Å²) in [6.45, 7) is 8.28. The molecular weight excluding hydrogens is 238 g/mol. The molecule has 0 aromatic carbocycles. The van der Waals surface area contributed by atoms with Crippen LogP contribution in [0.1, 0.15) is 39.5 Å². The lowest BCUT2D eigenvalue weighted by atomic mass is 9.78. The molecule has 2 rings (SSSR count). The van der Waals surface area contributed by atoms with Crippen molar-refractivity contribution in [2.45, 2.75) is 45.6 Å². The second-order valence-corrected chi connectivity index (χ2v) is 7.14. The van der Waals surface area contributed by atoms with Crippen molar-refractivity contribution in [1.82, 2.24) is 9.80 Å². The van der Waals surface area contributed by atoms with Crippen molar-refractivity contribution < 1.29 is 4.79 Å². The third kappa shape index (κ3) is 3.69. The first kappa shape index (κ1) is 14.8. The van der Waals surface area contributed by atoms with E-state index in [9.17, 15) is 4.79 Å². The molecule has 0 spiro atoms. The van der Waals surface area contributed by atoms with Gasteiger partial charge in [-0.3, -0.25) is 4.79 Å². The Balaban J connectivity index is 1.81. The van der Waals surface area contributed by atoms with Crippen LogP contribution in [0.25, 0.3) is 0 Å². The zero-order chi connectivity index (χ0) is 14.0. The molecule has 0 saturated carbocycles. The molecule has 0 radical (unpaired) electrons. The maximum absolute atomic E-state index is 12.4. The molecule has 1 unspecified atom stereocenters. The number of piperidine rings is 2. The van der Waals surface area contributed by atoms with Gasteiger partial charge in [0.15, 0.2) is 0 Å². The van der Waals surface area contributed by atoms with Gasteiger partial charge in [0, 0.05) is 25.6 Å². The van der Waals surface area contributed by atoms with Crippen LogP contribution in [0.4, 0.5) is 0 Å². The SMILES string of the molecule is CN1CCC(CC(=O)N2CCC(C)(C)C(N)C2)CC1. The smallest absolute Gasteiger partial charge is 0.222 e. The summed E-state index contributed by atoms with van der Waals surface area (Å²) in [6.07, 6.45) is 4.07. The summed E-state index contributed by atoms with van der Waals surface area (Å²) in [6, 6.07) is 0.114. The highest BCUT2D eigenvalue weighted by atomic mass is 16.2. The molecule has 19 heavy (non-hydrogen) atoms. The summed E-state index contributed by atoms with van der Waals surface area (Å²) in [4.78, 5) is 16.7. The fourth-order valence-corrected chi connectivity index (χ4v) is 3.05. The Morgan fingerprint density at radius 1 is 1.26 bits per heavy atom. The van der Waals surface area contributed by atoms with Crippen molar-refractivity contribution in [2.75, 3.05) is 33.2 Å². The maximum Gasteiger partial charge on any atom is 0.222 e. The lowest BCUT2D eigenvalue weighted by Crippen LogP contribution is -2.54. The molecule has 2 aliphatic rings. The molecule has 2 aliphatic heterocycles. The molecule has 4 heteroatoms. The van der Waals surface area contributed by atoms with E-state index in [2.05, 4.69) is 25.8 Å². The molecule has 2 N–H and O–H groups in total. The Labute approximate surface area is 117 Å². The third-order valence-corrected chi connectivity index (χ3v) is 5.10. The lowest BCUT2D eigenvalue weighted by Gasteiger charge is -2.42. The largest absolute Gasteiger partial charge is 0.341 e. The van der Waals surface area contributed by atoms with Crippen molar-refractivity contribution in [1.29, 1.82) is 0 Å². The Bertz CT molecular complexity index is 321. The highest BCUT2D eigenvalue weighted by Gasteiger charge is 2.35. The number of nitrogens with zero attached hydrogens (tertiary/aromatic N) is 2. The second-order valence-electron chi connectivity index (χ2n) is 7.14. The highest BCUT2D eigenvalue weighted by Crippen LogP contribution is 2.30. The van der Waals surface area contributed by atoms with E-state index in [0.717, 1.165) is 51.9 Å². The monoisotopic (exact) mass is 267 g/mol. The van der Waals surface area contributed by atoms with E-state index in [1.54, 1.807) is 0 Å². The topological polar surface area (TPSA) is 49.6 Å². The summed E-state index contributed by atoms with van der Waals surface area (Å²) in [5.74, 6) is 0.898.